The molecule has 5 nitrogen and oxygen atoms in total. The highest BCUT2D eigenvalue weighted by atomic mass is 32.1. The lowest BCUT2D eigenvalue weighted by atomic mass is 10.1. The second-order valence-corrected chi connectivity index (χ2v) is 7.40. The zero-order chi connectivity index (χ0) is 20.6. The van der Waals surface area contributed by atoms with Gasteiger partial charge in [-0.05, 0) is 30.3 Å². The number of halogens is 2. The molecule has 0 radical (unpaired) electrons. The van der Waals surface area contributed by atoms with E-state index < -0.39 is 6.61 Å². The predicted molar refractivity (Wildman–Crippen MR) is 108 cm³/mol. The molecule has 1 N–H and O–H groups in total. The molecule has 0 aliphatic carbocycles. The predicted octanol–water partition coefficient (Wildman–Crippen LogP) is 4.08. The van der Waals surface area contributed by atoms with Gasteiger partial charge in [0.2, 0.25) is 5.91 Å². The average Bonchev–Trinajstić information content (AvgIpc) is 3.22. The molecule has 2 aromatic carbocycles. The molecule has 0 saturated carbocycles. The fourth-order valence-electron chi connectivity index (χ4n) is 2.91. The first-order valence-electron chi connectivity index (χ1n) is 8.97. The van der Waals surface area contributed by atoms with Crippen molar-refractivity contribution in [3.8, 4) is 5.75 Å². The van der Waals surface area contributed by atoms with Gasteiger partial charge in [0.05, 0.1) is 6.54 Å². The van der Waals surface area contributed by atoms with Gasteiger partial charge in [-0.1, -0.05) is 42.5 Å². The first-order chi connectivity index (χ1) is 14.0. The second-order valence-electron chi connectivity index (χ2n) is 6.48. The Labute approximate surface area is 172 Å². The molecule has 0 spiro atoms. The van der Waals surface area contributed by atoms with Gasteiger partial charge in [-0.2, -0.15) is 8.78 Å². The van der Waals surface area contributed by atoms with Crippen molar-refractivity contribution in [2.24, 2.45) is 0 Å². The number of nitrogens with one attached hydrogen (secondary N) is 1. The zero-order valence-electron chi connectivity index (χ0n) is 15.8. The lowest BCUT2D eigenvalue weighted by molar-refractivity contribution is -0.122. The Morgan fingerprint density at radius 1 is 1.17 bits per heavy atom. The number of hydrogen-bond donors (Lipinski definition) is 1. The number of benzene rings is 2. The number of nitrogens with zero attached hydrogens (tertiary/aromatic N) is 2. The molecule has 1 atom stereocenters. The number of aromatic nitrogens is 1. The van der Waals surface area contributed by atoms with E-state index in [2.05, 4.69) is 15.0 Å². The second kappa shape index (κ2) is 10.1. The van der Waals surface area contributed by atoms with Crippen molar-refractivity contribution < 1.29 is 18.3 Å². The van der Waals surface area contributed by atoms with Crippen LogP contribution in [-0.2, 0) is 11.3 Å². The van der Waals surface area contributed by atoms with Gasteiger partial charge in [-0.3, -0.25) is 9.69 Å². The fraction of sp³-hybridized carbons (Fsp3) is 0.238. The molecule has 152 valence electrons. The summed E-state index contributed by atoms with van der Waals surface area (Å²) in [4.78, 5) is 18.8. The summed E-state index contributed by atoms with van der Waals surface area (Å²) in [6.45, 7) is -2.16. The zero-order valence-corrected chi connectivity index (χ0v) is 16.6. The van der Waals surface area contributed by atoms with Crippen molar-refractivity contribution in [1.82, 2.24) is 15.2 Å². The average molecular weight is 417 g/mol. The number of amides is 1. The quantitative estimate of drug-likeness (QED) is 0.570. The topological polar surface area (TPSA) is 54.5 Å². The van der Waals surface area contributed by atoms with E-state index in [1.165, 1.54) is 23.5 Å². The molecule has 1 unspecified atom stereocenters. The Hall–Kier alpha value is -2.84. The van der Waals surface area contributed by atoms with E-state index in [-0.39, 0.29) is 24.2 Å². The van der Waals surface area contributed by atoms with Crippen LogP contribution in [0.5, 0.6) is 5.75 Å². The lowest BCUT2D eigenvalue weighted by Crippen LogP contribution is -2.37. The van der Waals surface area contributed by atoms with E-state index in [9.17, 15) is 13.6 Å². The van der Waals surface area contributed by atoms with Crippen LogP contribution in [0.2, 0.25) is 0 Å². The molecule has 3 rings (SSSR count). The van der Waals surface area contributed by atoms with Gasteiger partial charge in [-0.15, -0.1) is 11.3 Å². The highest BCUT2D eigenvalue weighted by Crippen LogP contribution is 2.23. The Bertz CT molecular complexity index is 890. The van der Waals surface area contributed by atoms with E-state index in [0.717, 1.165) is 16.1 Å². The van der Waals surface area contributed by atoms with Crippen LogP contribution >= 0.6 is 11.3 Å². The van der Waals surface area contributed by atoms with Gasteiger partial charge in [0.25, 0.3) is 0 Å². The van der Waals surface area contributed by atoms with Crippen molar-refractivity contribution in [3.05, 3.63) is 82.3 Å². The standard InChI is InChI=1S/C21H21F2N3O2S/c1-26(13-15-7-9-17(10-8-15)28-21(22)23)14-18(27)25-19(20-24-11-12-29-20)16-5-3-2-4-6-16/h2-12,19,21H,13-14H2,1H3,(H,25,27). The van der Waals surface area contributed by atoms with Gasteiger partial charge in [-0.25, -0.2) is 4.98 Å². The van der Waals surface area contributed by atoms with Crippen LogP contribution in [0.15, 0.2) is 66.2 Å². The van der Waals surface area contributed by atoms with Crippen LogP contribution in [0.3, 0.4) is 0 Å². The molecular weight excluding hydrogens is 396 g/mol. The Morgan fingerprint density at radius 3 is 2.52 bits per heavy atom. The third-order valence-electron chi connectivity index (χ3n) is 4.15. The summed E-state index contributed by atoms with van der Waals surface area (Å²) in [5.41, 5.74) is 1.86. The third kappa shape index (κ3) is 6.33. The van der Waals surface area contributed by atoms with Crippen LogP contribution in [0, 0.1) is 0 Å². The minimum atomic E-state index is -2.84. The Morgan fingerprint density at radius 2 is 1.90 bits per heavy atom. The molecule has 1 amide bonds. The van der Waals surface area contributed by atoms with E-state index in [1.807, 2.05) is 47.7 Å². The van der Waals surface area contributed by atoms with Crippen molar-refractivity contribution >= 4 is 17.2 Å². The molecule has 0 bridgehead atoms. The maximum absolute atomic E-state index is 12.6. The lowest BCUT2D eigenvalue weighted by Gasteiger charge is -2.21. The van der Waals surface area contributed by atoms with Gasteiger partial charge < -0.3 is 10.1 Å². The van der Waals surface area contributed by atoms with Crippen LogP contribution in [0.4, 0.5) is 8.78 Å². The van der Waals surface area contributed by atoms with E-state index in [4.69, 9.17) is 0 Å². The van der Waals surface area contributed by atoms with E-state index in [0.29, 0.717) is 6.54 Å². The summed E-state index contributed by atoms with van der Waals surface area (Å²) in [7, 11) is 1.82. The molecule has 29 heavy (non-hydrogen) atoms. The number of ether oxygens (including phenoxy) is 1. The number of rotatable bonds is 9. The molecule has 1 aromatic heterocycles. The number of carbonyl (C=O) groups is 1. The van der Waals surface area contributed by atoms with Crippen molar-refractivity contribution in [3.63, 3.8) is 0 Å². The van der Waals surface area contributed by atoms with Crippen LogP contribution in [0.1, 0.15) is 22.2 Å². The van der Waals surface area contributed by atoms with Crippen molar-refractivity contribution in [2.45, 2.75) is 19.2 Å². The van der Waals surface area contributed by atoms with Gasteiger partial charge >= 0.3 is 6.61 Å². The largest absolute Gasteiger partial charge is 0.435 e. The van der Waals surface area contributed by atoms with E-state index >= 15 is 0 Å². The van der Waals surface area contributed by atoms with Crippen LogP contribution in [0.25, 0.3) is 0 Å². The molecular formula is C21H21F2N3O2S. The minimum absolute atomic E-state index is 0.110. The van der Waals surface area contributed by atoms with E-state index in [1.54, 1.807) is 18.3 Å². The summed E-state index contributed by atoms with van der Waals surface area (Å²) >= 11 is 1.49. The fourth-order valence-corrected chi connectivity index (χ4v) is 3.62. The van der Waals surface area contributed by atoms with Crippen molar-refractivity contribution in [1.29, 1.82) is 0 Å². The van der Waals surface area contributed by atoms with Gasteiger partial charge in [0, 0.05) is 18.1 Å². The van der Waals surface area contributed by atoms with Gasteiger partial charge in [0.1, 0.15) is 16.8 Å². The molecule has 0 fully saturated rings. The monoisotopic (exact) mass is 417 g/mol. The summed E-state index contributed by atoms with van der Waals surface area (Å²) in [5.74, 6) is -0.0208. The van der Waals surface area contributed by atoms with Crippen LogP contribution in [-0.4, -0.2) is 36.0 Å². The Kier molecular flexibility index (Phi) is 7.26. The molecule has 0 aliphatic rings. The summed E-state index contributed by atoms with van der Waals surface area (Å²) in [5, 5.41) is 5.75. The van der Waals surface area contributed by atoms with Gasteiger partial charge in [0.15, 0.2) is 0 Å². The highest BCUT2D eigenvalue weighted by Gasteiger charge is 2.19. The first kappa shape index (κ1) is 20.9. The van der Waals surface area contributed by atoms with Crippen LogP contribution < -0.4 is 10.1 Å². The Balaban J connectivity index is 1.58. The summed E-state index contributed by atoms with van der Waals surface area (Å²) < 4.78 is 28.8. The van der Waals surface area contributed by atoms with Crippen molar-refractivity contribution in [2.75, 3.05) is 13.6 Å². The molecule has 0 aliphatic heterocycles. The maximum atomic E-state index is 12.6. The third-order valence-corrected chi connectivity index (χ3v) is 4.99. The molecule has 0 saturated heterocycles. The molecule has 3 aromatic rings. The number of carbonyl (C=O) groups excluding carboxylic acids is 1. The number of hydrogen-bond acceptors (Lipinski definition) is 5. The number of thiazole rings is 1. The normalized spacial score (nSPS) is 12.2. The first-order valence-corrected chi connectivity index (χ1v) is 9.85. The SMILES string of the molecule is CN(CC(=O)NC(c1ccccc1)c1nccs1)Cc1ccc(OC(F)F)cc1. The molecule has 1 heterocycles. The summed E-state index contributed by atoms with van der Waals surface area (Å²) in [6.07, 6.45) is 1.72. The molecule has 8 heteroatoms. The minimum Gasteiger partial charge on any atom is -0.435 e. The number of alkyl halides is 2. The smallest absolute Gasteiger partial charge is 0.387 e. The maximum Gasteiger partial charge on any atom is 0.387 e. The number of likely N-dealkylation sites (N-methyl/N-ethyl adjacent to an activating group) is 1. The highest BCUT2D eigenvalue weighted by molar-refractivity contribution is 7.09. The summed E-state index contributed by atoms with van der Waals surface area (Å²) in [6, 6.07) is 15.8.